The number of amides is 1. The molecule has 2 aromatic heterocycles. The van der Waals surface area contributed by atoms with Crippen molar-refractivity contribution in [2.24, 2.45) is 11.1 Å². The Balaban J connectivity index is 1.81. The smallest absolute Gasteiger partial charge is 0.370 e. The van der Waals surface area contributed by atoms with Crippen LogP contribution in [-0.2, 0) is 16.6 Å². The molecule has 1 amide bonds. The van der Waals surface area contributed by atoms with Gasteiger partial charge < -0.3 is 10.6 Å². The number of hydrogen-bond acceptors (Lipinski definition) is 4. The van der Waals surface area contributed by atoms with E-state index in [1.807, 2.05) is 25.1 Å². The van der Waals surface area contributed by atoms with Crippen LogP contribution in [0.25, 0.3) is 10.9 Å². The van der Waals surface area contributed by atoms with E-state index in [-0.39, 0.29) is 25.3 Å². The van der Waals surface area contributed by atoms with Gasteiger partial charge in [0.05, 0.1) is 17.1 Å². The Hall–Kier alpha value is -2.65. The van der Waals surface area contributed by atoms with E-state index < -0.39 is 29.3 Å². The lowest BCUT2D eigenvalue weighted by Crippen LogP contribution is -2.51. The Morgan fingerprint density at radius 3 is 2.50 bits per heavy atom. The van der Waals surface area contributed by atoms with Crippen molar-refractivity contribution in [3.8, 4) is 0 Å². The highest BCUT2D eigenvalue weighted by Gasteiger charge is 2.73. The number of halogens is 4. The molecule has 4 rings (SSSR count). The molecule has 3 aromatic rings. The summed E-state index contributed by atoms with van der Waals surface area (Å²) in [6, 6.07) is 6.46. The van der Waals surface area contributed by atoms with Crippen LogP contribution in [0.1, 0.15) is 36.8 Å². The summed E-state index contributed by atoms with van der Waals surface area (Å²) in [7, 11) is 3.65. The van der Waals surface area contributed by atoms with Gasteiger partial charge in [-0.3, -0.25) is 14.9 Å². The molecule has 182 valence electrons. The van der Waals surface area contributed by atoms with Crippen LogP contribution < -0.4 is 5.73 Å². The Morgan fingerprint density at radius 1 is 1.26 bits per heavy atom. The molecular formula is C24H27ClF3N5O. The third kappa shape index (κ3) is 4.27. The zero-order chi connectivity index (χ0) is 24.7. The normalized spacial score (nSPS) is 18.1. The second-order valence-electron chi connectivity index (χ2n) is 9.47. The lowest BCUT2D eigenvalue weighted by Gasteiger charge is -2.45. The van der Waals surface area contributed by atoms with Gasteiger partial charge in [0.25, 0.3) is 0 Å². The number of rotatable bonds is 9. The van der Waals surface area contributed by atoms with Gasteiger partial charge in [0, 0.05) is 40.7 Å². The first-order valence-corrected chi connectivity index (χ1v) is 11.4. The lowest BCUT2D eigenvalue weighted by atomic mass is 9.61. The van der Waals surface area contributed by atoms with E-state index in [2.05, 4.69) is 15.2 Å². The number of hydrogen-bond donors (Lipinski definition) is 2. The fourth-order valence-electron chi connectivity index (χ4n) is 5.32. The second kappa shape index (κ2) is 8.85. The van der Waals surface area contributed by atoms with Gasteiger partial charge >= 0.3 is 6.18 Å². The molecule has 1 aromatic carbocycles. The molecule has 0 radical (unpaired) electrons. The molecule has 1 saturated carbocycles. The highest BCUT2D eigenvalue weighted by Crippen LogP contribution is 2.70. The predicted octanol–water partition coefficient (Wildman–Crippen LogP) is 4.63. The number of pyridine rings is 1. The number of likely N-dealkylation sites (N-methyl/N-ethyl adjacent to an activating group) is 1. The minimum Gasteiger partial charge on any atom is -0.370 e. The van der Waals surface area contributed by atoms with Crippen molar-refractivity contribution >= 4 is 28.4 Å². The van der Waals surface area contributed by atoms with E-state index in [0.29, 0.717) is 17.0 Å². The summed E-state index contributed by atoms with van der Waals surface area (Å²) in [6.45, 7) is 0. The second-order valence-corrected chi connectivity index (χ2v) is 9.87. The average Bonchev–Trinajstić information content (AvgIpc) is 3.48. The van der Waals surface area contributed by atoms with E-state index in [4.69, 9.17) is 17.3 Å². The molecule has 2 heterocycles. The molecule has 3 N–H and O–H groups in total. The molecule has 1 fully saturated rings. The largest absolute Gasteiger partial charge is 0.395 e. The van der Waals surface area contributed by atoms with Crippen LogP contribution in [0.5, 0.6) is 0 Å². The van der Waals surface area contributed by atoms with E-state index in [1.165, 1.54) is 12.4 Å². The summed E-state index contributed by atoms with van der Waals surface area (Å²) in [4.78, 5) is 18.1. The minimum atomic E-state index is -4.49. The number of primary amides is 1. The maximum Gasteiger partial charge on any atom is 0.395 e. The van der Waals surface area contributed by atoms with Crippen LogP contribution in [0.3, 0.4) is 0 Å². The highest BCUT2D eigenvalue weighted by molar-refractivity contribution is 6.32. The third-order valence-electron chi connectivity index (χ3n) is 7.29. The Morgan fingerprint density at radius 2 is 1.94 bits per heavy atom. The first-order chi connectivity index (χ1) is 16.0. The number of aromatic amines is 1. The molecule has 1 aliphatic rings. The number of nitrogens with one attached hydrogen (secondary N) is 1. The third-order valence-corrected chi connectivity index (χ3v) is 7.65. The van der Waals surface area contributed by atoms with Gasteiger partial charge in [-0.1, -0.05) is 11.6 Å². The van der Waals surface area contributed by atoms with Crippen molar-refractivity contribution in [2.45, 2.75) is 49.7 Å². The van der Waals surface area contributed by atoms with E-state index >= 15 is 0 Å². The summed E-state index contributed by atoms with van der Waals surface area (Å²) in [5, 5.41) is 8.25. The van der Waals surface area contributed by atoms with Gasteiger partial charge in [0.1, 0.15) is 0 Å². The van der Waals surface area contributed by atoms with Crippen LogP contribution in [-0.4, -0.2) is 52.3 Å². The molecule has 0 aliphatic heterocycles. The topological polar surface area (TPSA) is 87.9 Å². The number of aromatic nitrogens is 3. The summed E-state index contributed by atoms with van der Waals surface area (Å²) in [5.74, 6) is -0.761. The standard InChI is InChI=1S/C24H27ClF3N5O/c1-33(2)18(10-15-9-16-14-31-32-20(16)11-19(15)25)12-22(13-21(29)34,17-3-7-30-8-4-17)23(5-6-23)24(26,27)28/h3-4,7-9,11,14,18H,5-6,10,12-13H2,1-2H3,(H2,29,34)(H,31,32)/t18?,22-/m0/s1. The van der Waals surface area contributed by atoms with E-state index in [9.17, 15) is 18.0 Å². The molecule has 6 nitrogen and oxygen atoms in total. The summed E-state index contributed by atoms with van der Waals surface area (Å²) in [5.41, 5.74) is 4.06. The predicted molar refractivity (Wildman–Crippen MR) is 124 cm³/mol. The van der Waals surface area contributed by atoms with Gasteiger partial charge in [0.2, 0.25) is 5.91 Å². The Bertz CT molecular complexity index is 1180. The van der Waals surface area contributed by atoms with Crippen LogP contribution in [0.4, 0.5) is 13.2 Å². The van der Waals surface area contributed by atoms with Gasteiger partial charge in [-0.05, 0) is 75.2 Å². The van der Waals surface area contributed by atoms with Crippen LogP contribution in [0, 0.1) is 5.41 Å². The Labute approximate surface area is 200 Å². The molecule has 0 saturated heterocycles. The summed E-state index contributed by atoms with van der Waals surface area (Å²) >= 11 is 6.53. The Kier molecular flexibility index (Phi) is 6.37. The van der Waals surface area contributed by atoms with Crippen LogP contribution in [0.2, 0.25) is 5.02 Å². The van der Waals surface area contributed by atoms with Crippen LogP contribution >= 0.6 is 11.6 Å². The van der Waals surface area contributed by atoms with Crippen molar-refractivity contribution in [1.82, 2.24) is 20.1 Å². The maximum atomic E-state index is 14.6. The number of alkyl halides is 3. The number of H-pyrrole nitrogens is 1. The zero-order valence-corrected chi connectivity index (χ0v) is 19.7. The van der Waals surface area contributed by atoms with Gasteiger partial charge in [0.15, 0.2) is 0 Å². The maximum absolute atomic E-state index is 14.6. The van der Waals surface area contributed by atoms with Crippen molar-refractivity contribution in [2.75, 3.05) is 14.1 Å². The fourth-order valence-corrected chi connectivity index (χ4v) is 5.56. The zero-order valence-electron chi connectivity index (χ0n) is 19.0. The monoisotopic (exact) mass is 493 g/mol. The first kappa shape index (κ1) is 24.5. The fraction of sp³-hybridized carbons (Fsp3) is 0.458. The average molecular weight is 494 g/mol. The number of carbonyl (C=O) groups excluding carboxylic acids is 1. The first-order valence-electron chi connectivity index (χ1n) is 11.0. The van der Waals surface area contributed by atoms with Gasteiger partial charge in [-0.15, -0.1) is 0 Å². The molecule has 0 spiro atoms. The van der Waals surface area contributed by atoms with E-state index in [1.54, 1.807) is 24.4 Å². The SMILES string of the molecule is CN(C)C(Cc1cc2cn[nH]c2cc1Cl)C[C@](CC(N)=O)(c1ccncc1)C1(C(F)(F)F)CC1. The number of carbonyl (C=O) groups is 1. The van der Waals surface area contributed by atoms with Crippen molar-refractivity contribution in [3.05, 3.63) is 59.0 Å². The summed E-state index contributed by atoms with van der Waals surface area (Å²) < 4.78 is 43.8. The molecule has 0 bridgehead atoms. The molecular weight excluding hydrogens is 467 g/mol. The molecule has 10 heteroatoms. The molecule has 1 aliphatic carbocycles. The number of nitrogens with two attached hydrogens (primary N) is 1. The van der Waals surface area contributed by atoms with Gasteiger partial charge in [-0.2, -0.15) is 18.3 Å². The van der Waals surface area contributed by atoms with E-state index in [0.717, 1.165) is 16.5 Å². The molecule has 34 heavy (non-hydrogen) atoms. The number of fused-ring (bicyclic) bond motifs is 1. The minimum absolute atomic E-state index is 0.0476. The number of nitrogens with zero attached hydrogens (tertiary/aromatic N) is 3. The van der Waals surface area contributed by atoms with Crippen molar-refractivity contribution in [3.63, 3.8) is 0 Å². The highest BCUT2D eigenvalue weighted by atomic mass is 35.5. The molecule has 1 unspecified atom stereocenters. The van der Waals surface area contributed by atoms with Crippen molar-refractivity contribution < 1.29 is 18.0 Å². The lowest BCUT2D eigenvalue weighted by molar-refractivity contribution is -0.212. The summed E-state index contributed by atoms with van der Waals surface area (Å²) in [6.07, 6.45) is 0.0841. The van der Waals surface area contributed by atoms with Gasteiger partial charge in [-0.25, -0.2) is 0 Å². The molecule has 2 atom stereocenters. The van der Waals surface area contributed by atoms with Crippen molar-refractivity contribution in [1.29, 1.82) is 0 Å². The van der Waals surface area contributed by atoms with Crippen LogP contribution in [0.15, 0.2) is 42.9 Å². The quantitative estimate of drug-likeness (QED) is 0.455. The number of benzene rings is 1.